The largest absolute Gasteiger partial charge is 0.444 e. The summed E-state index contributed by atoms with van der Waals surface area (Å²) in [5.74, 6) is 0.449. The number of alkyl carbamates (subject to hydrolysis) is 1. The number of hydrogen-bond donors (Lipinski definition) is 1. The fourth-order valence-corrected chi connectivity index (χ4v) is 4.84. The Hall–Kier alpha value is -2.15. The van der Waals surface area contributed by atoms with Crippen molar-refractivity contribution in [3.05, 3.63) is 29.3 Å². The summed E-state index contributed by atoms with van der Waals surface area (Å²) in [5, 5.41) is 4.03. The van der Waals surface area contributed by atoms with E-state index in [1.165, 1.54) is 4.70 Å². The maximum Gasteiger partial charge on any atom is 0.407 e. The SMILES string of the molecule is C[C@@H](NC(=O)OC(C)(C)C)[C@@H]1CCCN(C(=O)CCCc2nc3ccccc3s2)C1. The van der Waals surface area contributed by atoms with Gasteiger partial charge in [-0.25, -0.2) is 9.78 Å². The quantitative estimate of drug-likeness (QED) is 0.715. The molecule has 1 saturated heterocycles. The maximum absolute atomic E-state index is 12.7. The molecule has 0 saturated carbocycles. The normalized spacial score (nSPS) is 18.3. The second-order valence-corrected chi connectivity index (χ2v) is 10.2. The summed E-state index contributed by atoms with van der Waals surface area (Å²) < 4.78 is 6.55. The number of likely N-dealkylation sites (tertiary alicyclic amines) is 1. The van der Waals surface area contributed by atoms with Gasteiger partial charge in [-0.3, -0.25) is 4.79 Å². The molecule has 0 spiro atoms. The van der Waals surface area contributed by atoms with Crippen LogP contribution in [0.1, 0.15) is 58.4 Å². The molecule has 30 heavy (non-hydrogen) atoms. The fraction of sp³-hybridized carbons (Fsp3) is 0.609. The van der Waals surface area contributed by atoms with Gasteiger partial charge in [0.1, 0.15) is 5.60 Å². The van der Waals surface area contributed by atoms with Crippen LogP contribution in [0.4, 0.5) is 4.79 Å². The second-order valence-electron chi connectivity index (χ2n) is 9.11. The molecule has 1 aliphatic rings. The summed E-state index contributed by atoms with van der Waals surface area (Å²) in [6, 6.07) is 8.11. The number of nitrogens with zero attached hydrogens (tertiary/aromatic N) is 2. The van der Waals surface area contributed by atoms with Crippen LogP contribution >= 0.6 is 11.3 Å². The Labute approximate surface area is 183 Å². The van der Waals surface area contributed by atoms with Gasteiger partial charge in [0.15, 0.2) is 0 Å². The third-order valence-electron chi connectivity index (χ3n) is 5.38. The van der Waals surface area contributed by atoms with Crippen molar-refractivity contribution in [3.63, 3.8) is 0 Å². The lowest BCUT2D eigenvalue weighted by atomic mass is 9.91. The fourth-order valence-electron chi connectivity index (χ4n) is 3.83. The lowest BCUT2D eigenvalue weighted by Gasteiger charge is -2.36. The number of nitrogens with one attached hydrogen (secondary N) is 1. The van der Waals surface area contributed by atoms with Crippen molar-refractivity contribution < 1.29 is 14.3 Å². The van der Waals surface area contributed by atoms with Crippen LogP contribution < -0.4 is 5.32 Å². The number of aromatic nitrogens is 1. The molecule has 0 radical (unpaired) electrons. The molecule has 1 aliphatic heterocycles. The van der Waals surface area contributed by atoms with Gasteiger partial charge in [-0.1, -0.05) is 12.1 Å². The first-order valence-corrected chi connectivity index (χ1v) is 11.6. The first-order valence-electron chi connectivity index (χ1n) is 10.8. The zero-order valence-electron chi connectivity index (χ0n) is 18.4. The minimum absolute atomic E-state index is 0.0294. The Morgan fingerprint density at radius 3 is 2.83 bits per heavy atom. The highest BCUT2D eigenvalue weighted by molar-refractivity contribution is 7.18. The molecule has 1 aromatic carbocycles. The Morgan fingerprint density at radius 1 is 1.33 bits per heavy atom. The van der Waals surface area contributed by atoms with Crippen LogP contribution in [0, 0.1) is 5.92 Å². The van der Waals surface area contributed by atoms with Gasteiger partial charge in [0, 0.05) is 25.6 Å². The topological polar surface area (TPSA) is 71.5 Å². The van der Waals surface area contributed by atoms with Crippen LogP contribution in [0.5, 0.6) is 0 Å². The smallest absolute Gasteiger partial charge is 0.407 e. The van der Waals surface area contributed by atoms with Crippen molar-refractivity contribution in [2.24, 2.45) is 5.92 Å². The number of ether oxygens (including phenoxy) is 1. The minimum Gasteiger partial charge on any atom is -0.444 e. The number of benzene rings is 1. The van der Waals surface area contributed by atoms with E-state index in [9.17, 15) is 9.59 Å². The summed E-state index contributed by atoms with van der Waals surface area (Å²) in [5.41, 5.74) is 0.524. The van der Waals surface area contributed by atoms with E-state index >= 15 is 0 Å². The van der Waals surface area contributed by atoms with Gasteiger partial charge in [0.2, 0.25) is 5.91 Å². The van der Waals surface area contributed by atoms with Crippen LogP contribution in [0.2, 0.25) is 0 Å². The average molecular weight is 432 g/mol. The standard InChI is InChI=1S/C23H33N3O3S/c1-16(24-22(28)29-23(2,3)4)17-9-8-14-26(15-17)21(27)13-7-12-20-25-18-10-5-6-11-19(18)30-20/h5-6,10-11,16-17H,7-9,12-15H2,1-4H3,(H,24,28)/t16-,17-/m1/s1. The Morgan fingerprint density at radius 2 is 2.10 bits per heavy atom. The monoisotopic (exact) mass is 431 g/mol. The van der Waals surface area contributed by atoms with E-state index in [1.807, 2.05) is 50.8 Å². The van der Waals surface area contributed by atoms with E-state index < -0.39 is 11.7 Å². The van der Waals surface area contributed by atoms with E-state index in [0.29, 0.717) is 13.0 Å². The second kappa shape index (κ2) is 9.77. The maximum atomic E-state index is 12.7. The van der Waals surface area contributed by atoms with Gasteiger partial charge in [-0.15, -0.1) is 11.3 Å². The number of fused-ring (bicyclic) bond motifs is 1. The van der Waals surface area contributed by atoms with E-state index in [4.69, 9.17) is 4.74 Å². The van der Waals surface area contributed by atoms with Crippen molar-refractivity contribution >= 4 is 33.6 Å². The van der Waals surface area contributed by atoms with Crippen LogP contribution in [0.3, 0.4) is 0 Å². The van der Waals surface area contributed by atoms with E-state index in [1.54, 1.807) is 11.3 Å². The number of carbonyl (C=O) groups excluding carboxylic acids is 2. The number of aryl methyl sites for hydroxylation is 1. The van der Waals surface area contributed by atoms with Gasteiger partial charge in [-0.05, 0) is 71.4 Å². The lowest BCUT2D eigenvalue weighted by Crippen LogP contribution is -2.48. The van der Waals surface area contributed by atoms with Gasteiger partial charge in [0.05, 0.1) is 15.2 Å². The van der Waals surface area contributed by atoms with Crippen LogP contribution in [-0.2, 0) is 16.0 Å². The molecule has 0 aliphatic carbocycles. The van der Waals surface area contributed by atoms with Crippen molar-refractivity contribution in [1.29, 1.82) is 0 Å². The first kappa shape index (κ1) is 22.5. The average Bonchev–Trinajstić information content (AvgIpc) is 3.09. The molecule has 1 N–H and O–H groups in total. The van der Waals surface area contributed by atoms with Crippen molar-refractivity contribution in [3.8, 4) is 0 Å². The Kier molecular flexibility index (Phi) is 7.34. The molecule has 2 aromatic rings. The molecule has 2 amide bonds. The summed E-state index contributed by atoms with van der Waals surface area (Å²) in [6.45, 7) is 9.05. The molecule has 3 rings (SSSR count). The molecule has 0 bridgehead atoms. The predicted octanol–water partition coefficient (Wildman–Crippen LogP) is 4.77. The van der Waals surface area contributed by atoms with E-state index in [2.05, 4.69) is 16.4 Å². The van der Waals surface area contributed by atoms with Gasteiger partial charge in [-0.2, -0.15) is 0 Å². The van der Waals surface area contributed by atoms with Gasteiger partial charge < -0.3 is 15.0 Å². The third-order valence-corrected chi connectivity index (χ3v) is 6.48. The summed E-state index contributed by atoms with van der Waals surface area (Å²) >= 11 is 1.71. The summed E-state index contributed by atoms with van der Waals surface area (Å²) in [6.07, 6.45) is 3.76. The van der Waals surface area contributed by atoms with Crippen molar-refractivity contribution in [1.82, 2.24) is 15.2 Å². The molecule has 0 unspecified atom stereocenters. The summed E-state index contributed by atoms with van der Waals surface area (Å²) in [7, 11) is 0. The molecule has 164 valence electrons. The predicted molar refractivity (Wildman–Crippen MR) is 121 cm³/mol. The van der Waals surface area contributed by atoms with Gasteiger partial charge in [0.25, 0.3) is 0 Å². The molecule has 6 nitrogen and oxygen atoms in total. The molecule has 2 heterocycles. The molecule has 7 heteroatoms. The molecular formula is C23H33N3O3S. The highest BCUT2D eigenvalue weighted by atomic mass is 32.1. The molecule has 1 aromatic heterocycles. The van der Waals surface area contributed by atoms with E-state index in [-0.39, 0.29) is 17.9 Å². The number of thiazole rings is 1. The number of para-hydroxylation sites is 1. The summed E-state index contributed by atoms with van der Waals surface area (Å²) in [4.78, 5) is 31.4. The number of rotatable bonds is 6. The van der Waals surface area contributed by atoms with Crippen molar-refractivity contribution in [2.75, 3.05) is 13.1 Å². The Balaban J connectivity index is 1.44. The highest BCUT2D eigenvalue weighted by Gasteiger charge is 2.29. The molecular weight excluding hydrogens is 398 g/mol. The number of piperidine rings is 1. The van der Waals surface area contributed by atoms with Crippen LogP contribution in [-0.4, -0.2) is 46.6 Å². The minimum atomic E-state index is -0.512. The first-order chi connectivity index (χ1) is 14.2. The molecule has 2 atom stereocenters. The third kappa shape index (κ3) is 6.42. The van der Waals surface area contributed by atoms with Gasteiger partial charge >= 0.3 is 6.09 Å². The zero-order chi connectivity index (χ0) is 21.7. The number of hydrogen-bond acceptors (Lipinski definition) is 5. The lowest BCUT2D eigenvalue weighted by molar-refractivity contribution is -0.133. The van der Waals surface area contributed by atoms with Crippen LogP contribution in [0.15, 0.2) is 24.3 Å². The number of amides is 2. The zero-order valence-corrected chi connectivity index (χ0v) is 19.3. The number of carbonyl (C=O) groups is 2. The van der Waals surface area contributed by atoms with Crippen molar-refractivity contribution in [2.45, 2.75) is 71.4 Å². The molecule has 1 fully saturated rings. The highest BCUT2D eigenvalue weighted by Crippen LogP contribution is 2.24. The van der Waals surface area contributed by atoms with Crippen LogP contribution in [0.25, 0.3) is 10.2 Å². The Bertz CT molecular complexity index is 841. The van der Waals surface area contributed by atoms with E-state index in [0.717, 1.165) is 42.8 Å².